The van der Waals surface area contributed by atoms with Crippen molar-refractivity contribution in [2.75, 3.05) is 14.2 Å². The molecule has 0 fully saturated rings. The Morgan fingerprint density at radius 1 is 0.931 bits per heavy atom. The molecule has 1 N–H and O–H groups in total. The lowest BCUT2D eigenvalue weighted by molar-refractivity contribution is -0.152. The van der Waals surface area contributed by atoms with Crippen LogP contribution in [-0.2, 0) is 26.4 Å². The van der Waals surface area contributed by atoms with E-state index in [1.165, 1.54) is 14.2 Å². The number of nitrogens with one attached hydrogen (secondary N) is 1. The van der Waals surface area contributed by atoms with Gasteiger partial charge in [-0.1, -0.05) is 60.7 Å². The summed E-state index contributed by atoms with van der Waals surface area (Å²) in [4.78, 5) is 25.6. The van der Waals surface area contributed by atoms with Crippen molar-refractivity contribution in [1.82, 2.24) is 5.32 Å². The molecule has 0 spiro atoms. The molecule has 3 aromatic rings. The maximum absolute atomic E-state index is 13.4. The largest absolute Gasteiger partial charge is 0.468 e. The fraction of sp³-hybridized carbons (Fsp3) is 0.182. The number of rotatable bonds is 7. The number of amides is 1. The number of furan rings is 1. The molecule has 7 nitrogen and oxygen atoms in total. The van der Waals surface area contributed by atoms with Crippen LogP contribution >= 0.6 is 0 Å². The van der Waals surface area contributed by atoms with Crippen molar-refractivity contribution in [3.05, 3.63) is 89.7 Å². The molecular formula is C22H21NO6. The fourth-order valence-corrected chi connectivity index (χ4v) is 2.90. The van der Waals surface area contributed by atoms with Gasteiger partial charge >= 0.3 is 12.1 Å². The smallest absolute Gasteiger partial charge is 0.408 e. The van der Waals surface area contributed by atoms with Crippen LogP contribution in [0.1, 0.15) is 16.9 Å². The van der Waals surface area contributed by atoms with E-state index in [4.69, 9.17) is 18.6 Å². The highest BCUT2D eigenvalue weighted by Crippen LogP contribution is 2.35. The molecule has 1 heterocycles. The summed E-state index contributed by atoms with van der Waals surface area (Å²) < 4.78 is 21.1. The molecule has 0 saturated heterocycles. The van der Waals surface area contributed by atoms with Crippen molar-refractivity contribution < 1.29 is 28.2 Å². The minimum absolute atomic E-state index is 0.0228. The molecule has 0 bridgehead atoms. The van der Waals surface area contributed by atoms with Crippen LogP contribution in [-0.4, -0.2) is 26.3 Å². The molecular weight excluding hydrogens is 374 g/mol. The van der Waals surface area contributed by atoms with Gasteiger partial charge in [-0.3, -0.25) is 5.32 Å². The number of hydrogen-bond donors (Lipinski definition) is 1. The molecule has 0 aliphatic heterocycles. The highest BCUT2D eigenvalue weighted by molar-refractivity contribution is 5.90. The number of ether oxygens (including phenoxy) is 3. The number of carbonyl (C=O) groups is 2. The fourth-order valence-electron chi connectivity index (χ4n) is 2.90. The molecule has 0 aliphatic rings. The average molecular weight is 395 g/mol. The Morgan fingerprint density at radius 3 is 2.17 bits per heavy atom. The van der Waals surface area contributed by atoms with Gasteiger partial charge in [0.15, 0.2) is 0 Å². The average Bonchev–Trinajstić information content (AvgIpc) is 3.26. The number of benzene rings is 2. The van der Waals surface area contributed by atoms with Crippen LogP contribution in [0.3, 0.4) is 0 Å². The van der Waals surface area contributed by atoms with E-state index in [1.54, 1.807) is 42.5 Å². The molecule has 2 aromatic carbocycles. The molecule has 0 unspecified atom stereocenters. The number of alkyl carbamates (subject to hydrolysis) is 1. The third-order valence-corrected chi connectivity index (χ3v) is 4.35. The SMILES string of the molecule is COC(=O)N[C@@](C(=O)OCc1ccccc1)(c1ccccc1)c1ccc(OC)o1. The van der Waals surface area contributed by atoms with Crippen LogP contribution in [0.15, 0.2) is 77.2 Å². The molecule has 0 aliphatic carbocycles. The second-order valence-corrected chi connectivity index (χ2v) is 6.12. The first kappa shape index (κ1) is 20.0. The summed E-state index contributed by atoms with van der Waals surface area (Å²) in [7, 11) is 2.65. The topological polar surface area (TPSA) is 87.0 Å². The zero-order valence-corrected chi connectivity index (χ0v) is 16.1. The Bertz CT molecular complexity index is 954. The van der Waals surface area contributed by atoms with E-state index in [2.05, 4.69) is 5.32 Å². The standard InChI is InChI=1S/C22H21NO6/c1-26-19-14-13-18(29-19)22(23-21(25)27-2,17-11-7-4-8-12-17)20(24)28-15-16-9-5-3-6-10-16/h3-14H,15H2,1-2H3,(H,23,25)/t22-/m0/s1. The molecule has 150 valence electrons. The van der Waals surface area contributed by atoms with Crippen LogP contribution in [0.4, 0.5) is 4.79 Å². The van der Waals surface area contributed by atoms with Gasteiger partial charge in [0.25, 0.3) is 5.95 Å². The monoisotopic (exact) mass is 395 g/mol. The molecule has 1 aromatic heterocycles. The Kier molecular flexibility index (Phi) is 6.19. The van der Waals surface area contributed by atoms with Gasteiger partial charge in [0.1, 0.15) is 12.4 Å². The molecule has 3 rings (SSSR count). The number of carbonyl (C=O) groups excluding carboxylic acids is 2. The first-order valence-corrected chi connectivity index (χ1v) is 8.87. The zero-order valence-electron chi connectivity index (χ0n) is 16.1. The summed E-state index contributed by atoms with van der Waals surface area (Å²) in [6.07, 6.45) is -0.819. The van der Waals surface area contributed by atoms with Gasteiger partial charge in [-0.15, -0.1) is 0 Å². The van der Waals surface area contributed by atoms with E-state index in [1.807, 2.05) is 30.3 Å². The number of hydrogen-bond acceptors (Lipinski definition) is 6. The Hall–Kier alpha value is -3.74. The molecule has 1 amide bonds. The van der Waals surface area contributed by atoms with Gasteiger partial charge in [0, 0.05) is 6.07 Å². The van der Waals surface area contributed by atoms with Crippen LogP contribution < -0.4 is 10.1 Å². The first-order valence-electron chi connectivity index (χ1n) is 8.87. The zero-order chi connectivity index (χ0) is 20.7. The van der Waals surface area contributed by atoms with Crippen LogP contribution in [0, 0.1) is 0 Å². The van der Waals surface area contributed by atoms with Crippen LogP contribution in [0.25, 0.3) is 0 Å². The summed E-state index contributed by atoms with van der Waals surface area (Å²) >= 11 is 0. The summed E-state index contributed by atoms with van der Waals surface area (Å²) in [5, 5.41) is 2.60. The van der Waals surface area contributed by atoms with Crippen molar-refractivity contribution in [3.8, 4) is 5.95 Å². The van der Waals surface area contributed by atoms with Crippen molar-refractivity contribution >= 4 is 12.1 Å². The van der Waals surface area contributed by atoms with Gasteiger partial charge in [0.2, 0.25) is 5.54 Å². The first-order chi connectivity index (χ1) is 14.1. The van der Waals surface area contributed by atoms with Gasteiger partial charge < -0.3 is 18.6 Å². The minimum atomic E-state index is -1.76. The Balaban J connectivity index is 2.06. The maximum atomic E-state index is 13.4. The number of methoxy groups -OCH3 is 2. The van der Waals surface area contributed by atoms with Crippen molar-refractivity contribution in [1.29, 1.82) is 0 Å². The Labute approximate surface area is 168 Å². The van der Waals surface area contributed by atoms with Crippen molar-refractivity contribution in [3.63, 3.8) is 0 Å². The summed E-state index contributed by atoms with van der Waals surface area (Å²) in [6.45, 7) is 0.0228. The molecule has 29 heavy (non-hydrogen) atoms. The van der Waals surface area contributed by atoms with E-state index < -0.39 is 17.6 Å². The van der Waals surface area contributed by atoms with Gasteiger partial charge in [-0.25, -0.2) is 9.59 Å². The lowest BCUT2D eigenvalue weighted by atomic mass is 9.87. The van der Waals surface area contributed by atoms with Crippen molar-refractivity contribution in [2.45, 2.75) is 12.1 Å². The number of esters is 1. The van der Waals surface area contributed by atoms with Crippen LogP contribution in [0.5, 0.6) is 5.95 Å². The van der Waals surface area contributed by atoms with Gasteiger partial charge in [-0.2, -0.15) is 0 Å². The second kappa shape index (κ2) is 8.97. The van der Waals surface area contributed by atoms with E-state index in [9.17, 15) is 9.59 Å². The summed E-state index contributed by atoms with van der Waals surface area (Å²) in [5.74, 6) is -0.415. The molecule has 1 atom stereocenters. The molecule has 0 radical (unpaired) electrons. The van der Waals surface area contributed by atoms with Gasteiger partial charge in [-0.05, 0) is 17.2 Å². The van der Waals surface area contributed by atoms with E-state index >= 15 is 0 Å². The summed E-state index contributed by atoms with van der Waals surface area (Å²) in [5.41, 5.74) is -0.515. The second-order valence-electron chi connectivity index (χ2n) is 6.12. The molecule has 0 saturated carbocycles. The Morgan fingerprint density at radius 2 is 1.59 bits per heavy atom. The third-order valence-electron chi connectivity index (χ3n) is 4.35. The molecule has 7 heteroatoms. The lowest BCUT2D eigenvalue weighted by Gasteiger charge is -2.30. The van der Waals surface area contributed by atoms with E-state index in [0.717, 1.165) is 5.56 Å². The maximum Gasteiger partial charge on any atom is 0.408 e. The van der Waals surface area contributed by atoms with E-state index in [-0.39, 0.29) is 18.3 Å². The quantitative estimate of drug-likeness (QED) is 0.615. The normalized spacial score (nSPS) is 12.5. The highest BCUT2D eigenvalue weighted by atomic mass is 16.6. The predicted octanol–water partition coefficient (Wildman–Crippen LogP) is 3.63. The lowest BCUT2D eigenvalue weighted by Crippen LogP contribution is -2.53. The van der Waals surface area contributed by atoms with Crippen LogP contribution in [0.2, 0.25) is 0 Å². The summed E-state index contributed by atoms with van der Waals surface area (Å²) in [6, 6.07) is 21.0. The van der Waals surface area contributed by atoms with E-state index in [0.29, 0.717) is 5.56 Å². The van der Waals surface area contributed by atoms with Gasteiger partial charge in [0.05, 0.1) is 14.2 Å². The van der Waals surface area contributed by atoms with Crippen molar-refractivity contribution in [2.24, 2.45) is 0 Å². The highest BCUT2D eigenvalue weighted by Gasteiger charge is 2.49. The third kappa shape index (κ3) is 4.24. The predicted molar refractivity (Wildman–Crippen MR) is 104 cm³/mol. The minimum Gasteiger partial charge on any atom is -0.468 e.